The average molecular weight is 406 g/mol. The number of benzene rings is 1. The number of likely N-dealkylation sites (N-methyl/N-ethyl adjacent to an activating group) is 1. The van der Waals surface area contributed by atoms with E-state index in [1.54, 1.807) is 13.1 Å². The van der Waals surface area contributed by atoms with Crippen molar-refractivity contribution in [2.24, 2.45) is 0 Å². The molecule has 29 heavy (non-hydrogen) atoms. The van der Waals surface area contributed by atoms with Crippen LogP contribution in [0.25, 0.3) is 0 Å². The van der Waals surface area contributed by atoms with E-state index in [1.165, 1.54) is 12.1 Å². The molecule has 2 heterocycles. The Bertz CT molecular complexity index is 855. The van der Waals surface area contributed by atoms with Crippen LogP contribution in [0.4, 0.5) is 5.69 Å². The minimum absolute atomic E-state index is 0.0271. The van der Waals surface area contributed by atoms with E-state index < -0.39 is 35.6 Å². The van der Waals surface area contributed by atoms with E-state index in [4.69, 9.17) is 15.9 Å². The second-order valence-electron chi connectivity index (χ2n) is 6.34. The third-order valence-electron chi connectivity index (χ3n) is 4.43. The van der Waals surface area contributed by atoms with Crippen molar-refractivity contribution in [2.45, 2.75) is 18.9 Å². The molecule has 0 spiro atoms. The van der Waals surface area contributed by atoms with Crippen molar-refractivity contribution in [3.8, 4) is 0 Å². The van der Waals surface area contributed by atoms with Crippen LogP contribution in [0.15, 0.2) is 18.2 Å². The van der Waals surface area contributed by atoms with Crippen LogP contribution in [0.5, 0.6) is 0 Å². The number of β-amino-alcohol motifs (C(OH)–C–C–N with tert-alkyl or cyclic N) is 1. The van der Waals surface area contributed by atoms with Gasteiger partial charge in [-0.1, -0.05) is 6.07 Å². The van der Waals surface area contributed by atoms with E-state index in [0.717, 1.165) is 9.80 Å². The lowest BCUT2D eigenvalue weighted by Crippen LogP contribution is -2.56. The van der Waals surface area contributed by atoms with Crippen LogP contribution in [0.2, 0.25) is 0 Å². The summed E-state index contributed by atoms with van der Waals surface area (Å²) in [6.45, 7) is -0.487. The van der Waals surface area contributed by atoms with Crippen molar-refractivity contribution >= 4 is 35.3 Å². The molecule has 1 fully saturated rings. The zero-order chi connectivity index (χ0) is 21.7. The second kappa shape index (κ2) is 9.26. The molecule has 11 heteroatoms. The molecule has 0 saturated carbocycles. The largest absolute Gasteiger partial charge is 0.480 e. The van der Waals surface area contributed by atoms with Gasteiger partial charge >= 0.3 is 5.97 Å². The first kappa shape index (κ1) is 22.0. The van der Waals surface area contributed by atoms with Gasteiger partial charge in [-0.05, 0) is 25.6 Å². The first-order chi connectivity index (χ1) is 13.7. The van der Waals surface area contributed by atoms with Gasteiger partial charge in [-0.2, -0.15) is 0 Å². The molecule has 2 aliphatic rings. The highest BCUT2D eigenvalue weighted by atomic mass is 16.4. The van der Waals surface area contributed by atoms with Crippen LogP contribution in [-0.4, -0.2) is 82.4 Å². The van der Waals surface area contributed by atoms with Crippen molar-refractivity contribution in [3.05, 3.63) is 29.3 Å². The van der Waals surface area contributed by atoms with Crippen molar-refractivity contribution in [1.29, 1.82) is 0 Å². The Balaban J connectivity index is 0.000000438. The third kappa shape index (κ3) is 4.41. The molecule has 5 N–H and O–H groups in total. The van der Waals surface area contributed by atoms with Crippen LogP contribution in [0, 0.1) is 0 Å². The number of fused-ring (bicyclic) bond motifs is 1. The zero-order valence-corrected chi connectivity index (χ0v) is 15.8. The summed E-state index contributed by atoms with van der Waals surface area (Å²) in [5, 5.41) is 19.3. The Kier molecular flexibility index (Phi) is 7.02. The summed E-state index contributed by atoms with van der Waals surface area (Å²) in [6, 6.07) is 3.51. The molecule has 0 aliphatic carbocycles. The van der Waals surface area contributed by atoms with Crippen molar-refractivity contribution in [1.82, 2.24) is 15.1 Å². The van der Waals surface area contributed by atoms with Gasteiger partial charge in [-0.25, -0.2) is 0 Å². The molecule has 0 bridgehead atoms. The SMILES string of the molecule is CNCC(=O)O.Nc1cccc2c1C(=O)N(C1CCC(=O)N(CCO)C1=O)C2=O. The first-order valence-electron chi connectivity index (χ1n) is 8.82. The summed E-state index contributed by atoms with van der Waals surface area (Å²) < 4.78 is 0. The highest BCUT2D eigenvalue weighted by Gasteiger charge is 2.47. The predicted octanol–water partition coefficient (Wildman–Crippen LogP) is -1.33. The standard InChI is InChI=1S/C15H15N3O5.C3H7NO2/c16-9-3-1-2-8-12(9)15(23)18(13(8)21)10-4-5-11(20)17(6-7-19)14(10)22;1-4-2-3(5)6/h1-3,10,19H,4-7,16H2;4H,2H2,1H3,(H,5,6). The number of amides is 4. The number of likely N-dealkylation sites (tertiary alicyclic amines) is 1. The van der Waals surface area contributed by atoms with E-state index in [0.29, 0.717) is 0 Å². The van der Waals surface area contributed by atoms with Crippen molar-refractivity contribution in [2.75, 3.05) is 32.5 Å². The highest BCUT2D eigenvalue weighted by molar-refractivity contribution is 6.25. The monoisotopic (exact) mass is 406 g/mol. The van der Waals surface area contributed by atoms with E-state index in [-0.39, 0.29) is 49.4 Å². The number of carbonyl (C=O) groups excluding carboxylic acids is 4. The van der Waals surface area contributed by atoms with Gasteiger partial charge in [-0.3, -0.25) is 33.8 Å². The van der Waals surface area contributed by atoms with Gasteiger partial charge in [0.25, 0.3) is 17.7 Å². The van der Waals surface area contributed by atoms with Gasteiger partial charge in [0.2, 0.25) is 5.91 Å². The number of nitrogens with zero attached hydrogens (tertiary/aromatic N) is 2. The molecule has 1 saturated heterocycles. The Morgan fingerprint density at radius 3 is 2.45 bits per heavy atom. The first-order valence-corrected chi connectivity index (χ1v) is 8.82. The van der Waals surface area contributed by atoms with E-state index >= 15 is 0 Å². The molecule has 156 valence electrons. The van der Waals surface area contributed by atoms with Crippen LogP contribution >= 0.6 is 0 Å². The lowest BCUT2D eigenvalue weighted by atomic mass is 10.0. The molecule has 0 aromatic heterocycles. The number of nitrogen functional groups attached to an aromatic ring is 1. The predicted molar refractivity (Wildman–Crippen MR) is 99.7 cm³/mol. The fraction of sp³-hybridized carbons (Fsp3) is 0.389. The van der Waals surface area contributed by atoms with Gasteiger partial charge in [0.15, 0.2) is 0 Å². The topological polar surface area (TPSA) is 170 Å². The lowest BCUT2D eigenvalue weighted by Gasteiger charge is -2.34. The molecule has 1 aromatic carbocycles. The minimum atomic E-state index is -1.05. The summed E-state index contributed by atoms with van der Waals surface area (Å²) in [4.78, 5) is 60.6. The minimum Gasteiger partial charge on any atom is -0.480 e. The number of piperidine rings is 1. The van der Waals surface area contributed by atoms with Gasteiger partial charge < -0.3 is 21.3 Å². The number of hydrogen-bond donors (Lipinski definition) is 4. The number of hydrogen-bond acceptors (Lipinski definition) is 8. The molecule has 4 amide bonds. The molecule has 1 aromatic rings. The van der Waals surface area contributed by atoms with Crippen LogP contribution in [0.1, 0.15) is 33.6 Å². The highest BCUT2D eigenvalue weighted by Crippen LogP contribution is 2.31. The Hall–Kier alpha value is -3.31. The summed E-state index contributed by atoms with van der Waals surface area (Å²) in [5.74, 6) is -3.11. The molecule has 0 radical (unpaired) electrons. The van der Waals surface area contributed by atoms with Gasteiger partial charge in [0.1, 0.15) is 6.04 Å². The number of aliphatic carboxylic acids is 1. The summed E-state index contributed by atoms with van der Waals surface area (Å²) in [5.41, 5.74) is 6.20. The Morgan fingerprint density at radius 2 is 1.93 bits per heavy atom. The maximum Gasteiger partial charge on any atom is 0.317 e. The smallest absolute Gasteiger partial charge is 0.317 e. The number of anilines is 1. The fourth-order valence-corrected chi connectivity index (χ4v) is 3.16. The van der Waals surface area contributed by atoms with Gasteiger partial charge in [0, 0.05) is 12.1 Å². The fourth-order valence-electron chi connectivity index (χ4n) is 3.16. The average Bonchev–Trinajstić information content (AvgIpc) is 2.91. The summed E-state index contributed by atoms with van der Waals surface area (Å²) in [6.07, 6.45) is 0.101. The van der Waals surface area contributed by atoms with Gasteiger partial charge in [-0.15, -0.1) is 0 Å². The molecular formula is C18H22N4O7. The van der Waals surface area contributed by atoms with E-state index in [2.05, 4.69) is 5.32 Å². The molecule has 2 aliphatic heterocycles. The van der Waals surface area contributed by atoms with Crippen molar-refractivity contribution < 1.29 is 34.2 Å². The zero-order valence-electron chi connectivity index (χ0n) is 15.8. The second-order valence-corrected chi connectivity index (χ2v) is 6.34. The number of carbonyl (C=O) groups is 5. The van der Waals surface area contributed by atoms with E-state index in [9.17, 15) is 24.0 Å². The van der Waals surface area contributed by atoms with E-state index in [1.807, 2.05) is 0 Å². The molecule has 11 nitrogen and oxygen atoms in total. The van der Waals surface area contributed by atoms with Crippen LogP contribution < -0.4 is 11.1 Å². The quantitative estimate of drug-likeness (QED) is 0.341. The van der Waals surface area contributed by atoms with Crippen LogP contribution in [0.3, 0.4) is 0 Å². The Labute approximate surface area is 166 Å². The molecule has 3 rings (SSSR count). The summed E-state index contributed by atoms with van der Waals surface area (Å²) in [7, 11) is 1.59. The van der Waals surface area contributed by atoms with Crippen molar-refractivity contribution in [3.63, 3.8) is 0 Å². The van der Waals surface area contributed by atoms with Gasteiger partial charge in [0.05, 0.1) is 30.8 Å². The number of aliphatic hydroxyl groups is 1. The Morgan fingerprint density at radius 1 is 1.24 bits per heavy atom. The third-order valence-corrected chi connectivity index (χ3v) is 4.43. The number of rotatable bonds is 5. The maximum absolute atomic E-state index is 12.5. The molecular weight excluding hydrogens is 384 g/mol. The lowest BCUT2D eigenvalue weighted by molar-refractivity contribution is -0.152. The number of aliphatic hydroxyl groups excluding tert-OH is 1. The number of nitrogens with one attached hydrogen (secondary N) is 1. The number of carboxylic acids is 1. The maximum atomic E-state index is 12.5. The molecule has 1 unspecified atom stereocenters. The normalized spacial score (nSPS) is 18.5. The summed E-state index contributed by atoms with van der Waals surface area (Å²) >= 11 is 0. The number of imide groups is 2. The number of carboxylic acid groups (broad SMARTS) is 1. The molecule has 1 atom stereocenters. The number of nitrogens with two attached hydrogens (primary N) is 1. The van der Waals surface area contributed by atoms with Crippen LogP contribution in [-0.2, 0) is 14.4 Å².